The third-order valence-electron chi connectivity index (χ3n) is 2.59. The summed E-state index contributed by atoms with van der Waals surface area (Å²) in [5, 5.41) is 2.50. The summed E-state index contributed by atoms with van der Waals surface area (Å²) in [6.07, 6.45) is 1.36. The van der Waals surface area contributed by atoms with Crippen LogP contribution in [0.4, 0.5) is 5.82 Å². The van der Waals surface area contributed by atoms with Gasteiger partial charge >= 0.3 is 15.2 Å². The van der Waals surface area contributed by atoms with Crippen LogP contribution in [-0.4, -0.2) is 58.3 Å². The highest BCUT2D eigenvalue weighted by Gasteiger charge is 2.16. The second kappa shape index (κ2) is 7.02. The summed E-state index contributed by atoms with van der Waals surface area (Å²) >= 11 is 0. The Hall–Kier alpha value is -1.39. The van der Waals surface area contributed by atoms with Crippen LogP contribution in [0.1, 0.15) is 0 Å². The third-order valence-corrected chi connectivity index (χ3v) is 3.68. The molecule has 0 atom stereocenters. The van der Waals surface area contributed by atoms with Crippen LogP contribution in [0.5, 0.6) is 0 Å². The van der Waals surface area contributed by atoms with Crippen LogP contribution in [-0.2, 0) is 20.4 Å². The summed E-state index contributed by atoms with van der Waals surface area (Å²) in [6, 6.07) is 0. The number of ether oxygens (including phenoxy) is 1. The maximum atomic E-state index is 10.9. The second-order valence-electron chi connectivity index (χ2n) is 4.53. The molecule has 0 aliphatic rings. The minimum absolute atomic E-state index is 0.0335. The van der Waals surface area contributed by atoms with Crippen molar-refractivity contribution in [1.82, 2.24) is 19.5 Å². The molecule has 0 fully saturated rings. The Labute approximate surface area is 129 Å². The topological polar surface area (TPSA) is 180 Å². The quantitative estimate of drug-likeness (QED) is 0.300. The lowest BCUT2D eigenvalue weighted by molar-refractivity contribution is 0.149. The minimum Gasteiger partial charge on any atom is -0.367 e. The van der Waals surface area contributed by atoms with Gasteiger partial charge in [-0.15, -0.1) is 0 Å². The summed E-state index contributed by atoms with van der Waals surface area (Å²) in [5.41, 5.74) is 0.712. The zero-order valence-electron chi connectivity index (χ0n) is 11.7. The molecule has 0 spiro atoms. The van der Waals surface area contributed by atoms with Gasteiger partial charge in [0.25, 0.3) is 0 Å². The van der Waals surface area contributed by atoms with Crippen LogP contribution >= 0.6 is 15.2 Å². The van der Waals surface area contributed by atoms with E-state index in [-0.39, 0.29) is 19.0 Å². The zero-order chi connectivity index (χ0) is 17.1. The van der Waals surface area contributed by atoms with Crippen molar-refractivity contribution in [2.75, 3.05) is 24.6 Å². The van der Waals surface area contributed by atoms with Crippen molar-refractivity contribution in [2.24, 2.45) is 0 Å². The molecule has 2 aromatic rings. The van der Waals surface area contributed by atoms with Crippen LogP contribution in [0.15, 0.2) is 12.7 Å². The lowest BCUT2D eigenvalue weighted by Crippen LogP contribution is -2.08. The van der Waals surface area contributed by atoms with E-state index in [0.717, 1.165) is 0 Å². The molecule has 0 aliphatic carbocycles. The van der Waals surface area contributed by atoms with Crippen LogP contribution < -0.4 is 5.32 Å². The first-order chi connectivity index (χ1) is 10.7. The summed E-state index contributed by atoms with van der Waals surface area (Å²) in [5.74, 6) is 0.174. The predicted molar refractivity (Wildman–Crippen MR) is 78.7 cm³/mol. The van der Waals surface area contributed by atoms with Crippen molar-refractivity contribution in [2.45, 2.75) is 6.54 Å². The van der Waals surface area contributed by atoms with Gasteiger partial charge in [0.15, 0.2) is 11.5 Å². The summed E-state index contributed by atoms with van der Waals surface area (Å²) in [6.45, 7) is 0.275. The van der Waals surface area contributed by atoms with E-state index in [1.165, 1.54) is 12.7 Å². The Morgan fingerprint density at radius 2 is 1.87 bits per heavy atom. The fourth-order valence-electron chi connectivity index (χ4n) is 1.70. The van der Waals surface area contributed by atoms with Crippen LogP contribution in [0.25, 0.3) is 11.2 Å². The molecule has 0 amide bonds. The van der Waals surface area contributed by atoms with E-state index in [1.54, 1.807) is 4.57 Å². The highest BCUT2D eigenvalue weighted by molar-refractivity contribution is 7.52. The van der Waals surface area contributed by atoms with Gasteiger partial charge in [-0.2, -0.15) is 0 Å². The number of imidazole rings is 1. The second-order valence-corrected chi connectivity index (χ2v) is 7.77. The molecular formula is C9H15N5O7P2. The van der Waals surface area contributed by atoms with Crippen molar-refractivity contribution in [3.05, 3.63) is 12.7 Å². The smallest absolute Gasteiger partial charge is 0.350 e. The standard InChI is InChI=1S/C9H15N5O7P2/c15-22(16,17)5-13-8-7-9(11-3-10-8)14(4-12-7)1-2-21-6-23(18,19)20/h3-4H,1-2,5-6H2,(H,10,11,13)(H2,15,16,17)(H2,18,19,20). The fraction of sp³-hybridized carbons (Fsp3) is 0.444. The van der Waals surface area contributed by atoms with Crippen molar-refractivity contribution >= 4 is 32.2 Å². The van der Waals surface area contributed by atoms with Gasteiger partial charge in [-0.05, 0) is 0 Å². The van der Waals surface area contributed by atoms with Gasteiger partial charge in [0.1, 0.15) is 24.5 Å². The molecule has 0 bridgehead atoms. The van der Waals surface area contributed by atoms with Crippen LogP contribution in [0, 0.1) is 0 Å². The number of nitrogens with one attached hydrogen (secondary N) is 1. The van der Waals surface area contributed by atoms with E-state index < -0.39 is 27.8 Å². The predicted octanol–water partition coefficient (Wildman–Crippen LogP) is -0.475. The molecule has 2 heterocycles. The number of nitrogens with zero attached hydrogens (tertiary/aromatic N) is 4. The Balaban J connectivity index is 2.06. The number of fused-ring (bicyclic) bond motifs is 1. The largest absolute Gasteiger partial charge is 0.367 e. The van der Waals surface area contributed by atoms with Crippen molar-refractivity contribution in [1.29, 1.82) is 0 Å². The normalized spacial score (nSPS) is 12.7. The van der Waals surface area contributed by atoms with Gasteiger partial charge in [0.2, 0.25) is 0 Å². The monoisotopic (exact) mass is 367 g/mol. The third kappa shape index (κ3) is 5.63. The van der Waals surface area contributed by atoms with Gasteiger partial charge in [0.05, 0.1) is 12.9 Å². The van der Waals surface area contributed by atoms with Gasteiger partial charge in [0, 0.05) is 6.54 Å². The van der Waals surface area contributed by atoms with Crippen molar-refractivity contribution in [3.63, 3.8) is 0 Å². The van der Waals surface area contributed by atoms with E-state index in [4.69, 9.17) is 24.3 Å². The molecule has 0 saturated heterocycles. The molecule has 12 nitrogen and oxygen atoms in total. The molecule has 128 valence electrons. The molecule has 23 heavy (non-hydrogen) atoms. The van der Waals surface area contributed by atoms with Crippen molar-refractivity contribution in [3.8, 4) is 0 Å². The van der Waals surface area contributed by atoms with E-state index in [0.29, 0.717) is 11.2 Å². The molecule has 0 radical (unpaired) electrons. The lowest BCUT2D eigenvalue weighted by atomic mass is 10.5. The first kappa shape index (κ1) is 18.0. The Morgan fingerprint density at radius 3 is 2.52 bits per heavy atom. The molecule has 2 aromatic heterocycles. The summed E-state index contributed by atoms with van der Waals surface area (Å²) in [7, 11) is -8.45. The molecule has 2 rings (SSSR count). The fourth-order valence-corrected chi connectivity index (χ4v) is 2.42. The SMILES string of the molecule is O=P(O)(O)CNc1ncnc2c1ncn2CCOCP(=O)(O)O. The molecule has 5 N–H and O–H groups in total. The Morgan fingerprint density at radius 1 is 1.13 bits per heavy atom. The minimum atomic E-state index is -4.24. The number of hydrogen-bond acceptors (Lipinski definition) is 7. The van der Waals surface area contributed by atoms with Gasteiger partial charge in [-0.25, -0.2) is 15.0 Å². The maximum Gasteiger partial charge on any atom is 0.350 e. The Kier molecular flexibility index (Phi) is 5.48. The highest BCUT2D eigenvalue weighted by Crippen LogP contribution is 2.34. The molecule has 14 heteroatoms. The zero-order valence-corrected chi connectivity index (χ0v) is 13.5. The highest BCUT2D eigenvalue weighted by atomic mass is 31.2. The van der Waals surface area contributed by atoms with Gasteiger partial charge in [-0.1, -0.05) is 0 Å². The summed E-state index contributed by atoms with van der Waals surface area (Å²) < 4.78 is 28.0. The van der Waals surface area contributed by atoms with Crippen LogP contribution in [0.3, 0.4) is 0 Å². The summed E-state index contributed by atoms with van der Waals surface area (Å²) in [4.78, 5) is 47.0. The Bertz CT molecular complexity index is 769. The molecule has 0 unspecified atom stereocenters. The number of rotatable bonds is 8. The van der Waals surface area contributed by atoms with E-state index in [1.807, 2.05) is 0 Å². The van der Waals surface area contributed by atoms with E-state index in [9.17, 15) is 9.13 Å². The molecule has 0 saturated carbocycles. The van der Waals surface area contributed by atoms with Crippen LogP contribution in [0.2, 0.25) is 0 Å². The number of anilines is 1. The molecule has 0 aromatic carbocycles. The first-order valence-electron chi connectivity index (χ1n) is 6.22. The van der Waals surface area contributed by atoms with E-state index >= 15 is 0 Å². The maximum absolute atomic E-state index is 10.9. The van der Waals surface area contributed by atoms with E-state index in [2.05, 4.69) is 20.3 Å². The van der Waals surface area contributed by atoms with Gasteiger partial charge in [-0.3, -0.25) is 9.13 Å². The van der Waals surface area contributed by atoms with Gasteiger partial charge < -0.3 is 34.2 Å². The molecular weight excluding hydrogens is 352 g/mol. The molecule has 0 aliphatic heterocycles. The average Bonchev–Trinajstić information content (AvgIpc) is 2.83. The van der Waals surface area contributed by atoms with Crippen molar-refractivity contribution < 1.29 is 33.4 Å². The lowest BCUT2D eigenvalue weighted by Gasteiger charge is -2.08. The first-order valence-corrected chi connectivity index (χ1v) is 9.82. The average molecular weight is 367 g/mol. The number of hydrogen-bond donors (Lipinski definition) is 5. The number of aromatic nitrogens is 4.